The minimum atomic E-state index is -0.329. The van der Waals surface area contributed by atoms with Gasteiger partial charge >= 0.3 is 0 Å². The highest BCUT2D eigenvalue weighted by molar-refractivity contribution is 6.12. The lowest BCUT2D eigenvalue weighted by Crippen LogP contribution is -2.17. The molecule has 1 amide bonds. The molecule has 0 spiro atoms. The van der Waals surface area contributed by atoms with Gasteiger partial charge in [0.1, 0.15) is 5.75 Å². The van der Waals surface area contributed by atoms with E-state index in [1.54, 1.807) is 30.3 Å². The topological polar surface area (TPSA) is 55.4 Å². The van der Waals surface area contributed by atoms with Crippen molar-refractivity contribution in [2.45, 2.75) is 26.2 Å². The lowest BCUT2D eigenvalue weighted by molar-refractivity contribution is -0.115. The molecule has 0 bridgehead atoms. The lowest BCUT2D eigenvalue weighted by Gasteiger charge is -2.10. The third-order valence-corrected chi connectivity index (χ3v) is 3.32. The zero-order valence-corrected chi connectivity index (χ0v) is 13.2. The number of para-hydroxylation sites is 2. The van der Waals surface area contributed by atoms with Gasteiger partial charge in [-0.05, 0) is 30.7 Å². The number of ketones is 1. The van der Waals surface area contributed by atoms with Gasteiger partial charge in [0, 0.05) is 5.69 Å². The van der Waals surface area contributed by atoms with E-state index in [2.05, 4.69) is 12.2 Å². The van der Waals surface area contributed by atoms with Crippen molar-refractivity contribution in [3.05, 3.63) is 60.2 Å². The number of hydrogen-bond donors (Lipinski definition) is 1. The molecule has 0 heterocycles. The quantitative estimate of drug-likeness (QED) is 0.454. The molecule has 120 valence electrons. The summed E-state index contributed by atoms with van der Waals surface area (Å²) in [5, 5.41) is 2.71. The Morgan fingerprint density at radius 3 is 2.43 bits per heavy atom. The predicted octanol–water partition coefficient (Wildman–Crippen LogP) is 4.08. The van der Waals surface area contributed by atoms with Crippen molar-refractivity contribution in [3.8, 4) is 5.75 Å². The van der Waals surface area contributed by atoms with E-state index in [4.69, 9.17) is 4.74 Å². The summed E-state index contributed by atoms with van der Waals surface area (Å²) in [6.45, 7) is 2.64. The van der Waals surface area contributed by atoms with E-state index in [1.165, 1.54) is 0 Å². The average molecular weight is 311 g/mol. The summed E-state index contributed by atoms with van der Waals surface area (Å²) in [6, 6.07) is 16.1. The number of rotatable bonds is 8. The van der Waals surface area contributed by atoms with Crippen molar-refractivity contribution in [2.24, 2.45) is 0 Å². The van der Waals surface area contributed by atoms with Crippen molar-refractivity contribution >= 4 is 17.4 Å². The van der Waals surface area contributed by atoms with Crippen LogP contribution in [0.5, 0.6) is 5.75 Å². The number of Topliss-reactive ketones (excluding diaryl/α,β-unsaturated/α-hetero) is 1. The Kier molecular flexibility index (Phi) is 6.36. The molecule has 0 unspecified atom stereocenters. The summed E-state index contributed by atoms with van der Waals surface area (Å²) in [5.41, 5.74) is 1.13. The van der Waals surface area contributed by atoms with Gasteiger partial charge in [-0.1, -0.05) is 43.7 Å². The Morgan fingerprint density at radius 2 is 1.70 bits per heavy atom. The zero-order chi connectivity index (χ0) is 16.5. The Labute approximate surface area is 136 Å². The maximum Gasteiger partial charge on any atom is 0.232 e. The van der Waals surface area contributed by atoms with E-state index < -0.39 is 0 Å². The van der Waals surface area contributed by atoms with Crippen molar-refractivity contribution < 1.29 is 14.3 Å². The molecule has 0 saturated carbocycles. The van der Waals surface area contributed by atoms with Gasteiger partial charge in [-0.3, -0.25) is 9.59 Å². The number of nitrogens with one attached hydrogen (secondary N) is 1. The van der Waals surface area contributed by atoms with Crippen molar-refractivity contribution in [3.63, 3.8) is 0 Å². The van der Waals surface area contributed by atoms with Crippen LogP contribution in [0.3, 0.4) is 0 Å². The van der Waals surface area contributed by atoms with Gasteiger partial charge in [-0.2, -0.15) is 0 Å². The second-order valence-electron chi connectivity index (χ2n) is 5.21. The highest BCUT2D eigenvalue weighted by Gasteiger charge is 2.16. The van der Waals surface area contributed by atoms with Gasteiger partial charge in [0.05, 0.1) is 18.6 Å². The Balaban J connectivity index is 1.98. The molecule has 0 fully saturated rings. The first-order valence-corrected chi connectivity index (χ1v) is 7.80. The van der Waals surface area contributed by atoms with Crippen LogP contribution in [-0.2, 0) is 4.79 Å². The van der Waals surface area contributed by atoms with E-state index >= 15 is 0 Å². The van der Waals surface area contributed by atoms with Gasteiger partial charge in [0.25, 0.3) is 0 Å². The summed E-state index contributed by atoms with van der Waals surface area (Å²) in [4.78, 5) is 24.4. The third kappa shape index (κ3) is 5.25. The fraction of sp³-hybridized carbons (Fsp3) is 0.263. The fourth-order valence-corrected chi connectivity index (χ4v) is 2.12. The highest BCUT2D eigenvalue weighted by Crippen LogP contribution is 2.20. The van der Waals surface area contributed by atoms with E-state index in [1.807, 2.05) is 24.3 Å². The molecule has 0 saturated heterocycles. The number of amides is 1. The van der Waals surface area contributed by atoms with Crippen LogP contribution in [0.25, 0.3) is 0 Å². The van der Waals surface area contributed by atoms with E-state index in [0.717, 1.165) is 12.8 Å². The monoisotopic (exact) mass is 311 g/mol. The van der Waals surface area contributed by atoms with Crippen LogP contribution in [-0.4, -0.2) is 18.3 Å². The molecule has 4 nitrogen and oxygen atoms in total. The van der Waals surface area contributed by atoms with E-state index in [0.29, 0.717) is 23.6 Å². The van der Waals surface area contributed by atoms with Gasteiger partial charge in [0.15, 0.2) is 5.78 Å². The van der Waals surface area contributed by atoms with Gasteiger partial charge in [-0.15, -0.1) is 0 Å². The molecule has 4 heteroatoms. The van der Waals surface area contributed by atoms with Gasteiger partial charge < -0.3 is 10.1 Å². The van der Waals surface area contributed by atoms with Crippen LogP contribution in [0.15, 0.2) is 54.6 Å². The molecule has 23 heavy (non-hydrogen) atoms. The number of benzene rings is 2. The number of carbonyl (C=O) groups excluding carboxylic acids is 2. The average Bonchev–Trinajstić information content (AvgIpc) is 2.56. The Bertz CT molecular complexity index is 653. The zero-order valence-electron chi connectivity index (χ0n) is 13.2. The predicted molar refractivity (Wildman–Crippen MR) is 90.9 cm³/mol. The second-order valence-corrected chi connectivity index (χ2v) is 5.21. The first-order valence-electron chi connectivity index (χ1n) is 7.80. The first-order chi connectivity index (χ1) is 11.2. The number of unbranched alkanes of at least 4 members (excludes halogenated alkanes) is 1. The molecule has 2 rings (SSSR count). The summed E-state index contributed by atoms with van der Waals surface area (Å²) < 4.78 is 5.65. The minimum Gasteiger partial charge on any atom is -0.493 e. The molecular formula is C19H21NO3. The molecule has 0 aliphatic carbocycles. The van der Waals surface area contributed by atoms with Crippen LogP contribution in [0.2, 0.25) is 0 Å². The third-order valence-electron chi connectivity index (χ3n) is 3.32. The number of ether oxygens (including phenoxy) is 1. The normalized spacial score (nSPS) is 10.1. The van der Waals surface area contributed by atoms with Crippen LogP contribution in [0.1, 0.15) is 36.5 Å². The second kappa shape index (κ2) is 8.73. The van der Waals surface area contributed by atoms with Crippen LogP contribution in [0, 0.1) is 0 Å². The largest absolute Gasteiger partial charge is 0.493 e. The standard InChI is InChI=1S/C19H21NO3/c1-2-3-13-23-18-12-8-7-11-16(18)17(21)14-19(22)20-15-9-5-4-6-10-15/h4-12H,2-3,13-14H2,1H3,(H,20,22). The van der Waals surface area contributed by atoms with Crippen LogP contribution < -0.4 is 10.1 Å². The molecule has 2 aromatic carbocycles. The maximum atomic E-state index is 12.4. The van der Waals surface area contributed by atoms with E-state index in [-0.39, 0.29) is 18.1 Å². The molecule has 0 aromatic heterocycles. The molecule has 2 aromatic rings. The van der Waals surface area contributed by atoms with Crippen LogP contribution in [0.4, 0.5) is 5.69 Å². The maximum absolute atomic E-state index is 12.4. The summed E-state index contributed by atoms with van der Waals surface area (Å²) >= 11 is 0. The molecule has 0 aliphatic rings. The molecule has 1 N–H and O–H groups in total. The molecule has 0 aliphatic heterocycles. The Morgan fingerprint density at radius 1 is 1.00 bits per heavy atom. The number of anilines is 1. The minimum absolute atomic E-state index is 0.205. The smallest absolute Gasteiger partial charge is 0.232 e. The van der Waals surface area contributed by atoms with Crippen molar-refractivity contribution in [2.75, 3.05) is 11.9 Å². The highest BCUT2D eigenvalue weighted by atomic mass is 16.5. The van der Waals surface area contributed by atoms with Gasteiger partial charge in [-0.25, -0.2) is 0 Å². The van der Waals surface area contributed by atoms with Crippen LogP contribution >= 0.6 is 0 Å². The number of hydrogen-bond acceptors (Lipinski definition) is 3. The molecule has 0 atom stereocenters. The summed E-state index contributed by atoms with van der Waals surface area (Å²) in [5.74, 6) is -0.0337. The van der Waals surface area contributed by atoms with Crippen molar-refractivity contribution in [1.82, 2.24) is 0 Å². The first kappa shape index (κ1) is 16.7. The van der Waals surface area contributed by atoms with Gasteiger partial charge in [0.2, 0.25) is 5.91 Å². The fourth-order valence-electron chi connectivity index (χ4n) is 2.12. The van der Waals surface area contributed by atoms with Crippen molar-refractivity contribution in [1.29, 1.82) is 0 Å². The number of carbonyl (C=O) groups is 2. The summed E-state index contributed by atoms with van der Waals surface area (Å²) in [7, 11) is 0. The molecule has 0 radical (unpaired) electrons. The Hall–Kier alpha value is -2.62. The summed E-state index contributed by atoms with van der Waals surface area (Å²) in [6.07, 6.45) is 1.75. The molecular weight excluding hydrogens is 290 g/mol. The van der Waals surface area contributed by atoms with E-state index in [9.17, 15) is 9.59 Å². The lowest BCUT2D eigenvalue weighted by atomic mass is 10.1. The SMILES string of the molecule is CCCCOc1ccccc1C(=O)CC(=O)Nc1ccccc1.